The van der Waals surface area contributed by atoms with Crippen LogP contribution in [0, 0.1) is 0 Å². The van der Waals surface area contributed by atoms with Gasteiger partial charge >= 0.3 is 0 Å². The summed E-state index contributed by atoms with van der Waals surface area (Å²) in [5, 5.41) is 0. The number of rotatable bonds is 4. The van der Waals surface area contributed by atoms with Gasteiger partial charge in [0.2, 0.25) is 0 Å². The molecule has 5 heteroatoms. The summed E-state index contributed by atoms with van der Waals surface area (Å²) in [5.41, 5.74) is 4.06. The number of nitrogens with two attached hydrogens (primary N) is 1. The van der Waals surface area contributed by atoms with Gasteiger partial charge in [-0.2, -0.15) is 0 Å². The lowest BCUT2D eigenvalue weighted by atomic mass is 10.0. The second-order valence-electron chi connectivity index (χ2n) is 3.68. The molecule has 0 saturated carbocycles. The summed E-state index contributed by atoms with van der Waals surface area (Å²) in [4.78, 5) is 1.31. The number of hydrazine groups is 1. The molecule has 2 aromatic rings. The molecule has 0 aliphatic heterocycles. The third-order valence-corrected chi connectivity index (χ3v) is 4.63. The molecule has 2 rings (SSSR count). The quantitative estimate of drug-likeness (QED) is 0.625. The Hall–Kier alpha value is -0.200. The van der Waals surface area contributed by atoms with Crippen molar-refractivity contribution in [1.82, 2.24) is 5.43 Å². The number of hydrogen-bond acceptors (Lipinski definition) is 3. The van der Waals surface area contributed by atoms with Crippen molar-refractivity contribution < 1.29 is 0 Å². The molecule has 0 radical (unpaired) electrons. The SMILES string of the molecule is NNC(Cc1ccc(Br)s1)c1cccc(Br)c1. The standard InChI is InChI=1S/C12H12Br2N2S/c13-9-3-1-2-8(6-9)11(16-15)7-10-4-5-12(14)17-10/h1-6,11,16H,7,15H2. The first-order chi connectivity index (χ1) is 8.19. The van der Waals surface area contributed by atoms with E-state index in [4.69, 9.17) is 5.84 Å². The molecule has 90 valence electrons. The summed E-state index contributed by atoms with van der Waals surface area (Å²) in [7, 11) is 0. The molecule has 0 bridgehead atoms. The van der Waals surface area contributed by atoms with Gasteiger partial charge in [-0.3, -0.25) is 11.3 Å². The Balaban J connectivity index is 2.16. The molecule has 0 amide bonds. The van der Waals surface area contributed by atoms with Crippen molar-refractivity contribution in [3.63, 3.8) is 0 Å². The van der Waals surface area contributed by atoms with Gasteiger partial charge in [0.25, 0.3) is 0 Å². The molecule has 1 unspecified atom stereocenters. The summed E-state index contributed by atoms with van der Waals surface area (Å²) < 4.78 is 2.22. The number of hydrogen-bond donors (Lipinski definition) is 2. The van der Waals surface area contributed by atoms with Crippen molar-refractivity contribution in [3.05, 3.63) is 55.1 Å². The smallest absolute Gasteiger partial charge is 0.0701 e. The van der Waals surface area contributed by atoms with Crippen molar-refractivity contribution in [2.75, 3.05) is 0 Å². The lowest BCUT2D eigenvalue weighted by molar-refractivity contribution is 0.555. The molecule has 2 nitrogen and oxygen atoms in total. The Morgan fingerprint density at radius 3 is 2.65 bits per heavy atom. The van der Waals surface area contributed by atoms with Gasteiger partial charge in [-0.15, -0.1) is 11.3 Å². The van der Waals surface area contributed by atoms with E-state index in [0.717, 1.165) is 14.7 Å². The van der Waals surface area contributed by atoms with Crippen LogP contribution in [0.3, 0.4) is 0 Å². The van der Waals surface area contributed by atoms with Crippen molar-refractivity contribution in [3.8, 4) is 0 Å². The zero-order chi connectivity index (χ0) is 12.3. The fourth-order valence-electron chi connectivity index (χ4n) is 1.66. The average molecular weight is 376 g/mol. The second kappa shape index (κ2) is 6.11. The summed E-state index contributed by atoms with van der Waals surface area (Å²) in [6.07, 6.45) is 0.892. The molecule has 1 aromatic heterocycles. The number of thiophene rings is 1. The second-order valence-corrected chi connectivity index (χ2v) is 7.15. The first-order valence-electron chi connectivity index (χ1n) is 5.15. The lowest BCUT2D eigenvalue weighted by Gasteiger charge is -2.15. The van der Waals surface area contributed by atoms with E-state index in [1.54, 1.807) is 11.3 Å². The minimum absolute atomic E-state index is 0.137. The van der Waals surface area contributed by atoms with Crippen LogP contribution in [0.5, 0.6) is 0 Å². The molecule has 0 fully saturated rings. The highest BCUT2D eigenvalue weighted by molar-refractivity contribution is 9.11. The fourth-order valence-corrected chi connectivity index (χ4v) is 3.60. The minimum atomic E-state index is 0.137. The Kier molecular flexibility index (Phi) is 4.76. The predicted molar refractivity (Wildman–Crippen MR) is 79.9 cm³/mol. The Bertz CT molecular complexity index is 499. The van der Waals surface area contributed by atoms with E-state index in [1.165, 1.54) is 10.4 Å². The maximum atomic E-state index is 5.64. The van der Waals surface area contributed by atoms with Crippen molar-refractivity contribution >= 4 is 43.2 Å². The topological polar surface area (TPSA) is 38.0 Å². The fraction of sp³-hybridized carbons (Fsp3) is 0.167. The summed E-state index contributed by atoms with van der Waals surface area (Å²) >= 11 is 8.69. The maximum Gasteiger partial charge on any atom is 0.0701 e. The van der Waals surface area contributed by atoms with Gasteiger partial charge in [0, 0.05) is 15.8 Å². The van der Waals surface area contributed by atoms with Gasteiger partial charge in [0.05, 0.1) is 9.83 Å². The molecule has 0 aliphatic rings. The molecule has 0 spiro atoms. The van der Waals surface area contributed by atoms with E-state index in [-0.39, 0.29) is 6.04 Å². The van der Waals surface area contributed by atoms with Gasteiger partial charge in [0.15, 0.2) is 0 Å². The van der Waals surface area contributed by atoms with Gasteiger partial charge in [0.1, 0.15) is 0 Å². The van der Waals surface area contributed by atoms with Gasteiger partial charge in [-0.05, 0) is 45.8 Å². The first-order valence-corrected chi connectivity index (χ1v) is 7.55. The Morgan fingerprint density at radius 1 is 1.24 bits per heavy atom. The van der Waals surface area contributed by atoms with E-state index in [1.807, 2.05) is 12.1 Å². The van der Waals surface area contributed by atoms with Crippen molar-refractivity contribution in [1.29, 1.82) is 0 Å². The normalized spacial score (nSPS) is 12.6. The Labute approximate surface area is 121 Å². The third-order valence-electron chi connectivity index (χ3n) is 2.49. The van der Waals surface area contributed by atoms with E-state index in [0.29, 0.717) is 0 Å². The zero-order valence-electron chi connectivity index (χ0n) is 8.99. The minimum Gasteiger partial charge on any atom is -0.271 e. The molecular weight excluding hydrogens is 364 g/mol. The summed E-state index contributed by atoms with van der Waals surface area (Å²) in [6.45, 7) is 0. The van der Waals surface area contributed by atoms with E-state index in [2.05, 4.69) is 61.6 Å². The van der Waals surface area contributed by atoms with Crippen LogP contribution in [0.15, 0.2) is 44.7 Å². The molecule has 1 atom stereocenters. The van der Waals surface area contributed by atoms with Gasteiger partial charge in [-0.1, -0.05) is 28.1 Å². The highest BCUT2D eigenvalue weighted by atomic mass is 79.9. The van der Waals surface area contributed by atoms with Crippen LogP contribution in [0.4, 0.5) is 0 Å². The van der Waals surface area contributed by atoms with Crippen molar-refractivity contribution in [2.45, 2.75) is 12.5 Å². The van der Waals surface area contributed by atoms with Crippen LogP contribution < -0.4 is 11.3 Å². The predicted octanol–water partition coefficient (Wildman–Crippen LogP) is 4.02. The summed E-state index contributed by atoms with van der Waals surface area (Å²) in [6, 6.07) is 12.5. The Morgan fingerprint density at radius 2 is 2.06 bits per heavy atom. The van der Waals surface area contributed by atoms with Crippen LogP contribution in [0.2, 0.25) is 0 Å². The van der Waals surface area contributed by atoms with Crippen LogP contribution in [0.1, 0.15) is 16.5 Å². The molecule has 1 aromatic carbocycles. The highest BCUT2D eigenvalue weighted by Crippen LogP contribution is 2.27. The van der Waals surface area contributed by atoms with Crippen LogP contribution >= 0.6 is 43.2 Å². The monoisotopic (exact) mass is 374 g/mol. The van der Waals surface area contributed by atoms with Crippen molar-refractivity contribution in [2.24, 2.45) is 5.84 Å². The highest BCUT2D eigenvalue weighted by Gasteiger charge is 2.12. The first kappa shape index (κ1) is 13.2. The maximum absolute atomic E-state index is 5.64. The lowest BCUT2D eigenvalue weighted by Crippen LogP contribution is -2.29. The molecule has 3 N–H and O–H groups in total. The van der Waals surface area contributed by atoms with Crippen LogP contribution in [-0.4, -0.2) is 0 Å². The number of halogens is 2. The third kappa shape index (κ3) is 3.63. The van der Waals surface area contributed by atoms with Gasteiger partial charge in [-0.25, -0.2) is 0 Å². The number of benzene rings is 1. The van der Waals surface area contributed by atoms with E-state index < -0.39 is 0 Å². The molecular formula is C12H12Br2N2S. The molecule has 1 heterocycles. The molecule has 0 aliphatic carbocycles. The zero-order valence-corrected chi connectivity index (χ0v) is 13.0. The van der Waals surface area contributed by atoms with E-state index in [9.17, 15) is 0 Å². The van der Waals surface area contributed by atoms with Gasteiger partial charge < -0.3 is 0 Å². The molecule has 0 saturated heterocycles. The molecule has 17 heavy (non-hydrogen) atoms. The van der Waals surface area contributed by atoms with E-state index >= 15 is 0 Å². The average Bonchev–Trinajstić information content (AvgIpc) is 2.72. The largest absolute Gasteiger partial charge is 0.271 e. The van der Waals surface area contributed by atoms with Crippen LogP contribution in [-0.2, 0) is 6.42 Å². The summed E-state index contributed by atoms with van der Waals surface area (Å²) in [5.74, 6) is 5.64. The number of nitrogens with one attached hydrogen (secondary N) is 1. The van der Waals surface area contributed by atoms with Crippen LogP contribution in [0.25, 0.3) is 0 Å².